The summed E-state index contributed by atoms with van der Waals surface area (Å²) in [6, 6.07) is 7.33. The lowest BCUT2D eigenvalue weighted by atomic mass is 10.3. The highest BCUT2D eigenvalue weighted by Crippen LogP contribution is 2.20. The second kappa shape index (κ2) is 4.42. The van der Waals surface area contributed by atoms with Gasteiger partial charge in [0.2, 0.25) is 0 Å². The molecule has 0 bridgehead atoms. The van der Waals surface area contributed by atoms with E-state index in [1.54, 1.807) is 12.1 Å². The Morgan fingerprint density at radius 2 is 2.00 bits per heavy atom. The van der Waals surface area contributed by atoms with Gasteiger partial charge in [-0.25, -0.2) is 0 Å². The molecule has 1 rings (SSSR count). The lowest BCUT2D eigenvalue weighted by molar-refractivity contribution is -0.153. The standard InChI is InChI=1S/C10H11F3NO/c1-14(2)8-3-5-9(6-4-8)15-7-10(11,12)13/h3-5H,7H2,1-2H3. The number of halogens is 3. The van der Waals surface area contributed by atoms with Crippen LogP contribution >= 0.6 is 0 Å². The van der Waals surface area contributed by atoms with E-state index in [0.717, 1.165) is 5.69 Å². The molecule has 0 aromatic heterocycles. The molecule has 5 heteroatoms. The fourth-order valence-electron chi connectivity index (χ4n) is 0.930. The van der Waals surface area contributed by atoms with Crippen molar-refractivity contribution in [2.24, 2.45) is 0 Å². The molecule has 15 heavy (non-hydrogen) atoms. The summed E-state index contributed by atoms with van der Waals surface area (Å²) in [6.07, 6.45) is -4.31. The molecule has 1 radical (unpaired) electrons. The quantitative estimate of drug-likeness (QED) is 0.772. The van der Waals surface area contributed by atoms with Crippen LogP contribution in [-0.2, 0) is 0 Å². The Hall–Kier alpha value is -1.39. The second-order valence-electron chi connectivity index (χ2n) is 3.21. The minimum Gasteiger partial charge on any atom is -0.483 e. The first-order valence-corrected chi connectivity index (χ1v) is 4.27. The highest BCUT2D eigenvalue weighted by Gasteiger charge is 2.28. The van der Waals surface area contributed by atoms with Crippen molar-refractivity contribution in [3.05, 3.63) is 24.3 Å². The van der Waals surface area contributed by atoms with Crippen molar-refractivity contribution in [3.8, 4) is 5.75 Å². The van der Waals surface area contributed by atoms with E-state index in [2.05, 4.69) is 10.8 Å². The summed E-state index contributed by atoms with van der Waals surface area (Å²) < 4.78 is 39.9. The zero-order valence-electron chi connectivity index (χ0n) is 8.43. The van der Waals surface area contributed by atoms with E-state index >= 15 is 0 Å². The molecule has 0 N–H and O–H groups in total. The topological polar surface area (TPSA) is 12.5 Å². The van der Waals surface area contributed by atoms with Crippen LogP contribution in [0.5, 0.6) is 5.75 Å². The van der Waals surface area contributed by atoms with E-state index in [-0.39, 0.29) is 5.75 Å². The number of anilines is 1. The monoisotopic (exact) mass is 218 g/mol. The van der Waals surface area contributed by atoms with Crippen molar-refractivity contribution in [1.29, 1.82) is 0 Å². The molecule has 0 aliphatic rings. The molecule has 83 valence electrons. The Balaban J connectivity index is 2.57. The van der Waals surface area contributed by atoms with Crippen molar-refractivity contribution in [2.75, 3.05) is 25.6 Å². The largest absolute Gasteiger partial charge is 0.483 e. The Kier molecular flexibility index (Phi) is 3.44. The van der Waals surface area contributed by atoms with Crippen LogP contribution in [0, 0.1) is 6.07 Å². The third-order valence-corrected chi connectivity index (χ3v) is 1.68. The number of ether oxygens (including phenoxy) is 1. The van der Waals surface area contributed by atoms with Gasteiger partial charge in [0.25, 0.3) is 0 Å². The van der Waals surface area contributed by atoms with Crippen LogP contribution in [-0.4, -0.2) is 26.9 Å². The van der Waals surface area contributed by atoms with Crippen LogP contribution in [0.15, 0.2) is 18.2 Å². The molecule has 0 saturated carbocycles. The lowest BCUT2D eigenvalue weighted by Gasteiger charge is -2.13. The van der Waals surface area contributed by atoms with Gasteiger partial charge in [0.1, 0.15) is 5.75 Å². The molecule has 0 atom stereocenters. The van der Waals surface area contributed by atoms with Crippen LogP contribution in [0.25, 0.3) is 0 Å². The van der Waals surface area contributed by atoms with Crippen LogP contribution in [0.2, 0.25) is 0 Å². The summed E-state index contributed by atoms with van der Waals surface area (Å²) in [4.78, 5) is 1.82. The van der Waals surface area contributed by atoms with E-state index in [4.69, 9.17) is 0 Å². The predicted octanol–water partition coefficient (Wildman–Crippen LogP) is 2.49. The first-order chi connectivity index (χ1) is 6.88. The Morgan fingerprint density at radius 3 is 2.40 bits per heavy atom. The summed E-state index contributed by atoms with van der Waals surface area (Å²) in [5, 5.41) is 0. The number of benzene rings is 1. The van der Waals surface area contributed by atoms with Gasteiger partial charge in [-0.05, 0) is 18.2 Å². The van der Waals surface area contributed by atoms with E-state index < -0.39 is 12.8 Å². The van der Waals surface area contributed by atoms with E-state index in [1.165, 1.54) is 6.07 Å². The zero-order chi connectivity index (χ0) is 11.5. The Bertz CT molecular complexity index is 305. The van der Waals surface area contributed by atoms with Gasteiger partial charge in [-0.1, -0.05) is 0 Å². The van der Waals surface area contributed by atoms with Crippen molar-refractivity contribution in [3.63, 3.8) is 0 Å². The van der Waals surface area contributed by atoms with E-state index in [0.29, 0.717) is 0 Å². The van der Waals surface area contributed by atoms with E-state index in [9.17, 15) is 13.2 Å². The molecule has 1 aromatic carbocycles. The molecule has 0 aliphatic carbocycles. The van der Waals surface area contributed by atoms with Crippen LogP contribution in [0.3, 0.4) is 0 Å². The summed E-state index contributed by atoms with van der Waals surface area (Å²) >= 11 is 0. The van der Waals surface area contributed by atoms with Gasteiger partial charge in [0, 0.05) is 25.8 Å². The summed E-state index contributed by atoms with van der Waals surface area (Å²) in [5.74, 6) is 0.0953. The van der Waals surface area contributed by atoms with Gasteiger partial charge in [0.05, 0.1) is 0 Å². The molecule has 0 amide bonds. The molecule has 2 nitrogen and oxygen atoms in total. The molecule has 0 saturated heterocycles. The lowest BCUT2D eigenvalue weighted by Crippen LogP contribution is -2.19. The van der Waals surface area contributed by atoms with Crippen LogP contribution in [0.1, 0.15) is 0 Å². The number of nitrogens with zero attached hydrogens (tertiary/aromatic N) is 1. The smallest absolute Gasteiger partial charge is 0.422 e. The molecule has 0 fully saturated rings. The average molecular weight is 218 g/mol. The molecule has 0 aliphatic heterocycles. The predicted molar refractivity (Wildman–Crippen MR) is 51.2 cm³/mol. The van der Waals surface area contributed by atoms with Crippen molar-refractivity contribution < 1.29 is 17.9 Å². The fourth-order valence-corrected chi connectivity index (χ4v) is 0.930. The first-order valence-electron chi connectivity index (χ1n) is 4.27. The SMILES string of the molecule is CN(C)c1c[c]c(OCC(F)(F)F)cc1. The van der Waals surface area contributed by atoms with Gasteiger partial charge in [-0.15, -0.1) is 0 Å². The fraction of sp³-hybridized carbons (Fsp3) is 0.400. The second-order valence-corrected chi connectivity index (χ2v) is 3.21. The summed E-state index contributed by atoms with van der Waals surface area (Å²) in [7, 11) is 3.67. The summed E-state index contributed by atoms with van der Waals surface area (Å²) in [6.45, 7) is -1.29. The van der Waals surface area contributed by atoms with Gasteiger partial charge < -0.3 is 9.64 Å². The van der Waals surface area contributed by atoms with Gasteiger partial charge >= 0.3 is 6.18 Å². The van der Waals surface area contributed by atoms with Crippen molar-refractivity contribution >= 4 is 5.69 Å². The maximum atomic E-state index is 11.8. The maximum Gasteiger partial charge on any atom is 0.422 e. The number of rotatable bonds is 3. The normalized spacial score (nSPS) is 11.3. The molecule has 0 spiro atoms. The average Bonchev–Trinajstić information content (AvgIpc) is 2.14. The Morgan fingerprint density at radius 1 is 1.33 bits per heavy atom. The Labute approximate surface area is 86.3 Å². The van der Waals surface area contributed by atoms with E-state index in [1.807, 2.05) is 19.0 Å². The van der Waals surface area contributed by atoms with Gasteiger partial charge in [-0.2, -0.15) is 13.2 Å². The maximum absolute atomic E-state index is 11.8. The highest BCUT2D eigenvalue weighted by atomic mass is 19.4. The molecule has 0 heterocycles. The minimum atomic E-state index is -4.31. The number of alkyl halides is 3. The van der Waals surface area contributed by atoms with Gasteiger partial charge in [0.15, 0.2) is 6.61 Å². The number of hydrogen-bond acceptors (Lipinski definition) is 2. The molecule has 0 unspecified atom stereocenters. The van der Waals surface area contributed by atoms with Crippen molar-refractivity contribution in [1.82, 2.24) is 0 Å². The van der Waals surface area contributed by atoms with Crippen LogP contribution in [0.4, 0.5) is 18.9 Å². The zero-order valence-corrected chi connectivity index (χ0v) is 8.43. The molecular formula is C10H11F3NO. The van der Waals surface area contributed by atoms with Crippen LogP contribution < -0.4 is 9.64 Å². The van der Waals surface area contributed by atoms with Crippen molar-refractivity contribution in [2.45, 2.75) is 6.18 Å². The summed E-state index contributed by atoms with van der Waals surface area (Å²) in [5.41, 5.74) is 0.856. The third kappa shape index (κ3) is 4.10. The third-order valence-electron chi connectivity index (χ3n) is 1.68. The molecule has 1 aromatic rings. The first kappa shape index (κ1) is 11.7. The highest BCUT2D eigenvalue weighted by molar-refractivity contribution is 5.46. The van der Waals surface area contributed by atoms with Gasteiger partial charge in [-0.3, -0.25) is 0 Å². The minimum absolute atomic E-state index is 0.0953. The molecular weight excluding hydrogens is 207 g/mol. The number of hydrogen-bond donors (Lipinski definition) is 0.